The van der Waals surface area contributed by atoms with E-state index in [1.807, 2.05) is 0 Å². The molecule has 0 aromatic heterocycles. The van der Waals surface area contributed by atoms with Crippen LogP contribution in [0.3, 0.4) is 0 Å². The number of ether oxygens (including phenoxy) is 1. The predicted octanol–water partition coefficient (Wildman–Crippen LogP) is -1.84. The van der Waals surface area contributed by atoms with Crippen molar-refractivity contribution in [2.45, 2.75) is 0 Å². The topological polar surface area (TPSA) is 102 Å². The number of carboxylic acids is 1. The third-order valence-electron chi connectivity index (χ3n) is 0.980. The number of carbonyl (C=O) groups excluding carboxylic acids is 1. The summed E-state index contributed by atoms with van der Waals surface area (Å²) in [6.45, 7) is 0.0405. The van der Waals surface area contributed by atoms with Gasteiger partial charge in [-0.05, 0) is 0 Å². The molecule has 0 saturated carbocycles. The molecular formula is C6H12N2O4. The van der Waals surface area contributed by atoms with E-state index in [4.69, 9.17) is 10.8 Å². The van der Waals surface area contributed by atoms with Crippen LogP contribution in [0.1, 0.15) is 0 Å². The van der Waals surface area contributed by atoms with Gasteiger partial charge in [0.2, 0.25) is 5.91 Å². The second-order valence-electron chi connectivity index (χ2n) is 2.00. The largest absolute Gasteiger partial charge is 0.480 e. The zero-order valence-corrected chi connectivity index (χ0v) is 6.58. The maximum atomic E-state index is 10.5. The summed E-state index contributed by atoms with van der Waals surface area (Å²) >= 11 is 0. The van der Waals surface area contributed by atoms with Gasteiger partial charge in [-0.3, -0.25) is 4.79 Å². The first-order valence-electron chi connectivity index (χ1n) is 3.43. The number of aliphatic carboxylic acids is 1. The number of nitrogens with two attached hydrogens (primary N) is 1. The fraction of sp³-hybridized carbons (Fsp3) is 0.667. The number of hydrogen-bond donors (Lipinski definition) is 3. The number of carboxylic acid groups (broad SMARTS) is 1. The summed E-state index contributed by atoms with van der Waals surface area (Å²) in [6, 6.07) is 0. The van der Waals surface area contributed by atoms with Crippen molar-refractivity contribution in [1.82, 2.24) is 5.32 Å². The van der Waals surface area contributed by atoms with Crippen LogP contribution in [-0.2, 0) is 14.3 Å². The first kappa shape index (κ1) is 10.9. The Morgan fingerprint density at radius 2 is 2.17 bits per heavy atom. The van der Waals surface area contributed by atoms with Gasteiger partial charge in [-0.2, -0.15) is 0 Å². The number of carbonyl (C=O) groups is 2. The van der Waals surface area contributed by atoms with Gasteiger partial charge in [0.1, 0.15) is 6.61 Å². The molecule has 0 radical (unpaired) electrons. The van der Waals surface area contributed by atoms with Gasteiger partial charge in [-0.15, -0.1) is 0 Å². The third kappa shape index (κ3) is 6.97. The summed E-state index contributed by atoms with van der Waals surface area (Å²) in [4.78, 5) is 20.4. The van der Waals surface area contributed by atoms with E-state index in [1.54, 1.807) is 0 Å². The minimum Gasteiger partial charge on any atom is -0.480 e. The van der Waals surface area contributed by atoms with Gasteiger partial charge in [0.15, 0.2) is 0 Å². The molecule has 4 N–H and O–H groups in total. The Morgan fingerprint density at radius 3 is 2.67 bits per heavy atom. The first-order chi connectivity index (χ1) is 5.66. The molecule has 0 bridgehead atoms. The smallest absolute Gasteiger partial charge is 0.329 e. The lowest BCUT2D eigenvalue weighted by Gasteiger charge is -2.02. The molecule has 0 aliphatic rings. The minimum atomic E-state index is -1.03. The van der Waals surface area contributed by atoms with E-state index in [-0.39, 0.29) is 32.2 Å². The van der Waals surface area contributed by atoms with E-state index in [0.29, 0.717) is 0 Å². The molecule has 0 aromatic carbocycles. The molecule has 0 spiro atoms. The van der Waals surface area contributed by atoms with E-state index in [1.165, 1.54) is 0 Å². The number of amides is 1. The Bertz CT molecular complexity index is 160. The van der Waals surface area contributed by atoms with E-state index in [0.717, 1.165) is 0 Å². The van der Waals surface area contributed by atoms with Crippen molar-refractivity contribution in [3.63, 3.8) is 0 Å². The van der Waals surface area contributed by atoms with Crippen molar-refractivity contribution in [2.75, 3.05) is 26.3 Å². The van der Waals surface area contributed by atoms with Crippen LogP contribution in [0.15, 0.2) is 0 Å². The van der Waals surface area contributed by atoms with Crippen LogP contribution in [0.5, 0.6) is 0 Å². The summed E-state index contributed by atoms with van der Waals surface area (Å²) in [5.74, 6) is -1.31. The van der Waals surface area contributed by atoms with Crippen LogP contribution >= 0.6 is 0 Å². The average Bonchev–Trinajstić information content (AvgIpc) is 2.03. The van der Waals surface area contributed by atoms with Gasteiger partial charge in [-0.25, -0.2) is 4.79 Å². The van der Waals surface area contributed by atoms with Gasteiger partial charge in [0.25, 0.3) is 0 Å². The highest BCUT2D eigenvalue weighted by Crippen LogP contribution is 1.72. The molecule has 6 heteroatoms. The van der Waals surface area contributed by atoms with Crippen molar-refractivity contribution in [3.8, 4) is 0 Å². The maximum Gasteiger partial charge on any atom is 0.329 e. The molecule has 70 valence electrons. The van der Waals surface area contributed by atoms with Crippen LogP contribution in [0, 0.1) is 0 Å². The summed E-state index contributed by atoms with van der Waals surface area (Å²) in [5.41, 5.74) is 4.99. The van der Waals surface area contributed by atoms with Crippen LogP contribution in [0.25, 0.3) is 0 Å². The Balaban J connectivity index is 3.11. The van der Waals surface area contributed by atoms with Crippen molar-refractivity contribution in [3.05, 3.63) is 0 Å². The van der Waals surface area contributed by atoms with E-state index < -0.39 is 5.97 Å². The van der Waals surface area contributed by atoms with Crippen LogP contribution < -0.4 is 11.1 Å². The molecule has 0 atom stereocenters. The van der Waals surface area contributed by atoms with Gasteiger partial charge in [-0.1, -0.05) is 0 Å². The van der Waals surface area contributed by atoms with Crippen molar-refractivity contribution >= 4 is 11.9 Å². The van der Waals surface area contributed by atoms with E-state index in [2.05, 4.69) is 10.1 Å². The van der Waals surface area contributed by atoms with Crippen molar-refractivity contribution in [1.29, 1.82) is 0 Å². The molecule has 0 saturated heterocycles. The molecule has 0 heterocycles. The molecule has 0 fully saturated rings. The maximum absolute atomic E-state index is 10.5. The Labute approximate surface area is 69.7 Å². The highest BCUT2D eigenvalue weighted by Gasteiger charge is 1.97. The average molecular weight is 176 g/mol. The zero-order chi connectivity index (χ0) is 9.40. The van der Waals surface area contributed by atoms with E-state index >= 15 is 0 Å². The van der Waals surface area contributed by atoms with Gasteiger partial charge >= 0.3 is 5.97 Å². The molecule has 0 aromatic rings. The quantitative estimate of drug-likeness (QED) is 0.413. The monoisotopic (exact) mass is 176 g/mol. The highest BCUT2D eigenvalue weighted by atomic mass is 16.5. The molecule has 0 unspecified atom stereocenters. The van der Waals surface area contributed by atoms with Gasteiger partial charge < -0.3 is 20.9 Å². The normalized spacial score (nSPS) is 9.42. The third-order valence-corrected chi connectivity index (χ3v) is 0.980. The Hall–Kier alpha value is -1.14. The molecule has 12 heavy (non-hydrogen) atoms. The van der Waals surface area contributed by atoms with E-state index in [9.17, 15) is 9.59 Å². The summed E-state index contributed by atoms with van der Waals surface area (Å²) in [6.07, 6.45) is 0. The fourth-order valence-corrected chi connectivity index (χ4v) is 0.494. The van der Waals surface area contributed by atoms with Crippen LogP contribution in [-0.4, -0.2) is 43.3 Å². The second-order valence-corrected chi connectivity index (χ2v) is 2.00. The summed E-state index contributed by atoms with van der Waals surface area (Å²) in [7, 11) is 0. The molecule has 1 amide bonds. The minimum absolute atomic E-state index is 0.0705. The fourth-order valence-electron chi connectivity index (χ4n) is 0.494. The van der Waals surface area contributed by atoms with Crippen LogP contribution in [0.2, 0.25) is 0 Å². The van der Waals surface area contributed by atoms with Gasteiger partial charge in [0, 0.05) is 6.54 Å². The summed E-state index contributed by atoms with van der Waals surface area (Å²) < 4.78 is 4.63. The number of hydrogen-bond acceptors (Lipinski definition) is 4. The molecule has 0 aliphatic carbocycles. The first-order valence-corrected chi connectivity index (χ1v) is 3.43. The Kier molecular flexibility index (Phi) is 5.94. The van der Waals surface area contributed by atoms with Crippen molar-refractivity contribution in [2.24, 2.45) is 5.73 Å². The van der Waals surface area contributed by atoms with Gasteiger partial charge in [0.05, 0.1) is 13.2 Å². The molecule has 0 aliphatic heterocycles. The number of rotatable bonds is 6. The number of nitrogens with one attached hydrogen (secondary N) is 1. The Morgan fingerprint density at radius 1 is 1.50 bits per heavy atom. The molecular weight excluding hydrogens is 164 g/mol. The standard InChI is InChI=1S/C6H12N2O4/c7-3-5(9)8-1-2-12-4-6(10)11/h1-4,7H2,(H,8,9)(H,10,11). The van der Waals surface area contributed by atoms with Crippen molar-refractivity contribution < 1.29 is 19.4 Å². The molecule has 6 nitrogen and oxygen atoms in total. The predicted molar refractivity (Wildman–Crippen MR) is 40.5 cm³/mol. The second kappa shape index (κ2) is 6.56. The molecule has 0 rings (SSSR count). The lowest BCUT2D eigenvalue weighted by molar-refractivity contribution is -0.142. The lowest BCUT2D eigenvalue weighted by Crippen LogP contribution is -2.33. The summed E-state index contributed by atoms with van der Waals surface area (Å²) in [5, 5.41) is 10.6. The zero-order valence-electron chi connectivity index (χ0n) is 6.58. The SMILES string of the molecule is NCC(=O)NCCOCC(=O)O. The van der Waals surface area contributed by atoms with Crippen LogP contribution in [0.4, 0.5) is 0 Å². The lowest BCUT2D eigenvalue weighted by atomic mass is 10.5. The highest BCUT2D eigenvalue weighted by molar-refractivity contribution is 5.77.